The van der Waals surface area contributed by atoms with Gasteiger partial charge in [0.25, 0.3) is 0 Å². The molecule has 31 heavy (non-hydrogen) atoms. The summed E-state index contributed by atoms with van der Waals surface area (Å²) in [4.78, 5) is 28.2. The molecule has 1 N–H and O–H groups in total. The maximum atomic E-state index is 13.3. The highest BCUT2D eigenvalue weighted by Crippen LogP contribution is 2.52. The lowest BCUT2D eigenvalue weighted by molar-refractivity contribution is -0.157. The third-order valence-electron chi connectivity index (χ3n) is 5.69. The summed E-state index contributed by atoms with van der Waals surface area (Å²) >= 11 is 1.35. The highest BCUT2D eigenvalue weighted by Gasteiger charge is 2.58. The minimum Gasteiger partial charge on any atom is -0.457 e. The van der Waals surface area contributed by atoms with E-state index >= 15 is 0 Å². The number of carbonyl (C=O) groups is 2. The molecule has 2 aromatic carbocycles. The molecule has 4 atom stereocenters. The lowest BCUT2D eigenvalue weighted by Crippen LogP contribution is -2.60. The SMILES string of the molecule is C=CCOC(=O)C1=C(CN2c3cccc4cccc(c34)S2=O)SC2C(C(C)O)C(=O)N12. The Hall–Kier alpha value is -2.62. The molecule has 0 bridgehead atoms. The molecular formula is C22H20N2O5S2. The van der Waals surface area contributed by atoms with Crippen molar-refractivity contribution in [1.29, 1.82) is 0 Å². The first-order valence-corrected chi connectivity index (χ1v) is 11.8. The second-order valence-corrected chi connectivity index (χ2v) is 10.1. The highest BCUT2D eigenvalue weighted by molar-refractivity contribution is 8.04. The first-order chi connectivity index (χ1) is 14.9. The summed E-state index contributed by atoms with van der Waals surface area (Å²) < 4.78 is 20.3. The van der Waals surface area contributed by atoms with Gasteiger partial charge in [-0.15, -0.1) is 0 Å². The van der Waals surface area contributed by atoms with Crippen LogP contribution in [0, 0.1) is 5.92 Å². The van der Waals surface area contributed by atoms with Gasteiger partial charge in [-0.1, -0.05) is 48.7 Å². The molecule has 0 aliphatic carbocycles. The Bertz CT molecular complexity index is 1190. The Labute approximate surface area is 185 Å². The number of esters is 1. The highest BCUT2D eigenvalue weighted by atomic mass is 32.2. The number of anilines is 1. The van der Waals surface area contributed by atoms with Crippen molar-refractivity contribution in [2.24, 2.45) is 5.92 Å². The molecule has 0 radical (unpaired) electrons. The van der Waals surface area contributed by atoms with Gasteiger partial charge in [0.1, 0.15) is 17.7 Å². The van der Waals surface area contributed by atoms with E-state index in [2.05, 4.69) is 6.58 Å². The molecule has 4 unspecified atom stereocenters. The fraction of sp³-hybridized carbons (Fsp3) is 0.273. The Morgan fingerprint density at radius 3 is 2.81 bits per heavy atom. The summed E-state index contributed by atoms with van der Waals surface area (Å²) in [7, 11) is -1.44. The van der Waals surface area contributed by atoms with Crippen LogP contribution in [0.1, 0.15) is 6.92 Å². The summed E-state index contributed by atoms with van der Waals surface area (Å²) in [6.45, 7) is 5.34. The number of carbonyl (C=O) groups excluding carboxylic acids is 2. The number of aliphatic hydroxyl groups excluding tert-OH is 1. The summed E-state index contributed by atoms with van der Waals surface area (Å²) in [5, 5.41) is 11.6. The molecule has 1 fully saturated rings. The maximum absolute atomic E-state index is 13.3. The van der Waals surface area contributed by atoms with Crippen LogP contribution >= 0.6 is 11.8 Å². The molecule has 7 nitrogen and oxygen atoms in total. The topological polar surface area (TPSA) is 87.1 Å². The zero-order valence-corrected chi connectivity index (χ0v) is 18.3. The Balaban J connectivity index is 1.53. The molecule has 3 heterocycles. The van der Waals surface area contributed by atoms with Gasteiger partial charge < -0.3 is 9.84 Å². The number of hydrogen-bond donors (Lipinski definition) is 1. The van der Waals surface area contributed by atoms with Crippen LogP contribution in [-0.4, -0.2) is 50.7 Å². The molecule has 9 heteroatoms. The van der Waals surface area contributed by atoms with Crippen LogP contribution in [0.15, 0.2) is 64.6 Å². The molecular weight excluding hydrogens is 436 g/mol. The number of benzene rings is 2. The van der Waals surface area contributed by atoms with Gasteiger partial charge in [0, 0.05) is 10.3 Å². The number of thioether (sulfide) groups is 1. The van der Waals surface area contributed by atoms with E-state index in [4.69, 9.17) is 4.74 Å². The first-order valence-electron chi connectivity index (χ1n) is 9.84. The number of rotatable bonds is 6. The van der Waals surface area contributed by atoms with Gasteiger partial charge in [0.2, 0.25) is 5.91 Å². The van der Waals surface area contributed by atoms with Crippen LogP contribution in [0.3, 0.4) is 0 Å². The smallest absolute Gasteiger partial charge is 0.356 e. The molecule has 0 aromatic heterocycles. The second kappa shape index (κ2) is 7.51. The average molecular weight is 457 g/mol. The summed E-state index contributed by atoms with van der Waals surface area (Å²) in [5.41, 5.74) is 0.991. The fourth-order valence-corrected chi connectivity index (χ4v) is 7.36. The van der Waals surface area contributed by atoms with E-state index in [0.29, 0.717) is 4.91 Å². The molecule has 2 aromatic rings. The van der Waals surface area contributed by atoms with Crippen LogP contribution in [0.25, 0.3) is 10.8 Å². The molecule has 5 rings (SSSR count). The first kappa shape index (κ1) is 20.3. The largest absolute Gasteiger partial charge is 0.457 e. The third kappa shape index (κ3) is 2.95. The molecule has 3 aliphatic heterocycles. The van der Waals surface area contributed by atoms with Crippen LogP contribution in [0.2, 0.25) is 0 Å². The lowest BCUT2D eigenvalue weighted by atomic mass is 9.92. The average Bonchev–Trinajstić information content (AvgIpc) is 3.21. The van der Waals surface area contributed by atoms with Crippen molar-refractivity contribution in [3.63, 3.8) is 0 Å². The van der Waals surface area contributed by atoms with Gasteiger partial charge in [0.05, 0.1) is 29.1 Å². The molecule has 0 saturated carbocycles. The van der Waals surface area contributed by atoms with Gasteiger partial charge >= 0.3 is 5.97 Å². The lowest BCUT2D eigenvalue weighted by Gasteiger charge is -2.43. The number of β-lactam (4-membered cyclic amide) rings is 1. The molecule has 1 amide bonds. The quantitative estimate of drug-likeness (QED) is 0.408. The van der Waals surface area contributed by atoms with Crippen molar-refractivity contribution in [2.75, 3.05) is 17.5 Å². The maximum Gasteiger partial charge on any atom is 0.356 e. The predicted molar refractivity (Wildman–Crippen MR) is 119 cm³/mol. The van der Waals surface area contributed by atoms with Crippen molar-refractivity contribution in [2.45, 2.75) is 23.3 Å². The van der Waals surface area contributed by atoms with E-state index in [1.165, 1.54) is 22.7 Å². The van der Waals surface area contributed by atoms with Crippen LogP contribution in [0.5, 0.6) is 0 Å². The number of ether oxygens (including phenoxy) is 1. The second-order valence-electron chi connectivity index (χ2n) is 7.56. The standard InChI is InChI=1S/C22H20N2O5S2/c1-3-10-29-22(27)19-15(30-21-17(12(2)25)20(26)24(19)21)11-23-14-8-4-6-13-7-5-9-16(18(13)14)31(23)28/h3-9,12,17,21,25H,1,10-11H2,2H3. The Morgan fingerprint density at radius 1 is 1.35 bits per heavy atom. The predicted octanol–water partition coefficient (Wildman–Crippen LogP) is 2.54. The van der Waals surface area contributed by atoms with Gasteiger partial charge in [-0.2, -0.15) is 0 Å². The van der Waals surface area contributed by atoms with Gasteiger partial charge in [-0.3, -0.25) is 14.0 Å². The normalized spacial score (nSPS) is 25.0. The number of hydrogen-bond acceptors (Lipinski definition) is 6. The van der Waals surface area contributed by atoms with E-state index in [0.717, 1.165) is 21.4 Å². The molecule has 160 valence electrons. The number of fused-ring (bicyclic) bond motifs is 1. The number of aliphatic hydroxyl groups is 1. The van der Waals surface area contributed by atoms with Crippen molar-refractivity contribution >= 4 is 51.1 Å². The Morgan fingerprint density at radius 2 is 2.10 bits per heavy atom. The molecule has 0 spiro atoms. The van der Waals surface area contributed by atoms with E-state index in [1.807, 2.05) is 36.4 Å². The summed E-state index contributed by atoms with van der Waals surface area (Å²) in [6, 6.07) is 11.5. The van der Waals surface area contributed by atoms with Gasteiger partial charge in [0.15, 0.2) is 11.0 Å². The zero-order valence-electron chi connectivity index (χ0n) is 16.7. The van der Waals surface area contributed by atoms with Gasteiger partial charge in [-0.25, -0.2) is 9.00 Å². The summed E-state index contributed by atoms with van der Waals surface area (Å²) in [6.07, 6.45) is 0.631. The number of amides is 1. The monoisotopic (exact) mass is 456 g/mol. The van der Waals surface area contributed by atoms with E-state index in [-0.39, 0.29) is 30.1 Å². The van der Waals surface area contributed by atoms with Crippen LogP contribution in [0.4, 0.5) is 5.69 Å². The van der Waals surface area contributed by atoms with Gasteiger partial charge in [-0.05, 0) is 24.4 Å². The minimum absolute atomic E-state index is 0.0210. The Kier molecular flexibility index (Phi) is 4.91. The van der Waals surface area contributed by atoms with Crippen molar-refractivity contribution in [3.8, 4) is 0 Å². The molecule has 1 saturated heterocycles. The van der Waals surface area contributed by atoms with E-state index in [1.54, 1.807) is 11.2 Å². The van der Waals surface area contributed by atoms with Crippen molar-refractivity contribution in [1.82, 2.24) is 4.90 Å². The van der Waals surface area contributed by atoms with Crippen molar-refractivity contribution in [3.05, 3.63) is 59.7 Å². The molecule has 3 aliphatic rings. The van der Waals surface area contributed by atoms with Crippen LogP contribution in [-0.2, 0) is 25.3 Å². The van der Waals surface area contributed by atoms with E-state index < -0.39 is 29.0 Å². The fourth-order valence-electron chi connectivity index (χ4n) is 4.28. The minimum atomic E-state index is -1.44. The zero-order chi connectivity index (χ0) is 21.9. The van der Waals surface area contributed by atoms with E-state index in [9.17, 15) is 18.9 Å². The third-order valence-corrected chi connectivity index (χ3v) is 8.48. The number of nitrogens with zero attached hydrogens (tertiary/aromatic N) is 2. The van der Waals surface area contributed by atoms with Crippen molar-refractivity contribution < 1.29 is 23.6 Å². The summed E-state index contributed by atoms with van der Waals surface area (Å²) in [5.74, 6) is -1.52. The van der Waals surface area contributed by atoms with Crippen LogP contribution < -0.4 is 4.31 Å².